The zero-order chi connectivity index (χ0) is 30.9. The van der Waals surface area contributed by atoms with Crippen LogP contribution in [0.15, 0.2) is 64.4 Å². The van der Waals surface area contributed by atoms with Crippen LogP contribution in [0.5, 0.6) is 5.75 Å². The number of ether oxygens (including phenoxy) is 2. The first kappa shape index (κ1) is 30.0. The number of esters is 1. The molecular formula is C32H37N5O6. The summed E-state index contributed by atoms with van der Waals surface area (Å²) in [5.41, 5.74) is 1.33. The Morgan fingerprint density at radius 2 is 1.51 bits per heavy atom. The average molecular weight is 588 g/mol. The molecule has 4 aromatic rings. The smallest absolute Gasteiger partial charge is 0.332 e. The van der Waals surface area contributed by atoms with Crippen LogP contribution < -0.4 is 16.0 Å². The number of hydrogen-bond donors (Lipinski definition) is 0. The highest BCUT2D eigenvalue weighted by molar-refractivity contribution is 6.09. The van der Waals surface area contributed by atoms with Gasteiger partial charge in [-0.05, 0) is 63.4 Å². The molecule has 43 heavy (non-hydrogen) atoms. The third-order valence-corrected chi connectivity index (χ3v) is 7.64. The van der Waals surface area contributed by atoms with Gasteiger partial charge in [0, 0.05) is 44.9 Å². The molecule has 0 N–H and O–H groups in total. The number of ketones is 1. The van der Waals surface area contributed by atoms with Gasteiger partial charge in [-0.15, -0.1) is 0 Å². The van der Waals surface area contributed by atoms with Crippen LogP contribution >= 0.6 is 0 Å². The van der Waals surface area contributed by atoms with Crippen LogP contribution in [0.3, 0.4) is 0 Å². The summed E-state index contributed by atoms with van der Waals surface area (Å²) < 4.78 is 15.6. The third-order valence-electron chi connectivity index (χ3n) is 7.64. The molecule has 11 nitrogen and oxygen atoms in total. The number of fused-ring (bicyclic) bond motifs is 1. The fourth-order valence-electron chi connectivity index (χ4n) is 5.19. The van der Waals surface area contributed by atoms with Crippen molar-refractivity contribution < 1.29 is 19.1 Å². The summed E-state index contributed by atoms with van der Waals surface area (Å²) >= 11 is 0. The van der Waals surface area contributed by atoms with Crippen LogP contribution in [0.2, 0.25) is 0 Å². The molecule has 5 rings (SSSR count). The molecule has 1 saturated heterocycles. The first-order chi connectivity index (χ1) is 20.4. The molecule has 1 fully saturated rings. The number of benzene rings is 2. The number of nitrogens with zero attached hydrogens (tertiary/aromatic N) is 5. The van der Waals surface area contributed by atoms with E-state index in [4.69, 9.17) is 9.47 Å². The van der Waals surface area contributed by atoms with E-state index < -0.39 is 16.9 Å². The Hall–Kier alpha value is -4.51. The van der Waals surface area contributed by atoms with Crippen LogP contribution in [-0.4, -0.2) is 60.8 Å². The summed E-state index contributed by atoms with van der Waals surface area (Å²) in [5.74, 6) is 0.346. The number of rotatable bonds is 8. The quantitative estimate of drug-likeness (QED) is 0.228. The van der Waals surface area contributed by atoms with Crippen LogP contribution in [0.1, 0.15) is 55.1 Å². The lowest BCUT2D eigenvalue weighted by molar-refractivity contribution is -0.161. The van der Waals surface area contributed by atoms with Crippen molar-refractivity contribution in [2.24, 2.45) is 20.0 Å². The fourth-order valence-corrected chi connectivity index (χ4v) is 5.19. The maximum absolute atomic E-state index is 13.1. The summed E-state index contributed by atoms with van der Waals surface area (Å²) in [6.07, 6.45) is 3.02. The minimum atomic E-state index is -0.475. The first-order valence-electron chi connectivity index (χ1n) is 14.3. The van der Waals surface area contributed by atoms with Gasteiger partial charge in [0.2, 0.25) is 0 Å². The standard InChI is InChI=1S/C32H37N5O6/c1-32(2,3)43-30(40)24-14-16-36(17-15-24)20-42-25-12-10-23(11-13-25)27(38)22-8-6-21(7-9-22)18-37-19-33-28-26(37)29(39)35(5)31(41)34(28)4/h6-13,19,24H,14-18,20H2,1-5H3. The van der Waals surface area contributed by atoms with Gasteiger partial charge < -0.3 is 14.0 Å². The van der Waals surface area contributed by atoms with Crippen molar-refractivity contribution in [3.63, 3.8) is 0 Å². The van der Waals surface area contributed by atoms with Crippen molar-refractivity contribution in [2.75, 3.05) is 19.8 Å². The highest BCUT2D eigenvalue weighted by Gasteiger charge is 2.29. The number of aromatic nitrogens is 4. The number of aryl methyl sites for hydroxylation is 1. The van der Waals surface area contributed by atoms with Gasteiger partial charge in [0.25, 0.3) is 5.56 Å². The van der Waals surface area contributed by atoms with Crippen molar-refractivity contribution in [1.82, 2.24) is 23.6 Å². The molecule has 0 unspecified atom stereocenters. The number of piperidine rings is 1. The monoisotopic (exact) mass is 587 g/mol. The van der Waals surface area contributed by atoms with E-state index in [2.05, 4.69) is 9.88 Å². The summed E-state index contributed by atoms with van der Waals surface area (Å²) in [7, 11) is 3.03. The molecule has 0 atom stereocenters. The normalized spacial score (nSPS) is 14.6. The molecule has 1 aliphatic heterocycles. The van der Waals surface area contributed by atoms with Crippen LogP contribution in [-0.2, 0) is 30.2 Å². The van der Waals surface area contributed by atoms with Crippen molar-refractivity contribution in [1.29, 1.82) is 0 Å². The molecule has 11 heteroatoms. The molecule has 1 aliphatic rings. The van der Waals surface area contributed by atoms with Gasteiger partial charge in [-0.3, -0.25) is 28.4 Å². The Morgan fingerprint density at radius 1 is 0.907 bits per heavy atom. The Balaban J connectivity index is 1.15. The highest BCUT2D eigenvalue weighted by atomic mass is 16.6. The Kier molecular flexibility index (Phi) is 8.36. The highest BCUT2D eigenvalue weighted by Crippen LogP contribution is 2.22. The minimum Gasteiger partial charge on any atom is -0.478 e. The number of hydrogen-bond acceptors (Lipinski definition) is 8. The SMILES string of the molecule is Cn1c(=O)c2c(ncn2Cc2ccc(C(=O)c3ccc(OCN4CCC(C(=O)OC(C)(C)C)CC4)cc3)cc2)n(C)c1=O. The van der Waals surface area contributed by atoms with E-state index >= 15 is 0 Å². The second-order valence-electron chi connectivity index (χ2n) is 12.0. The molecule has 2 aromatic heterocycles. The predicted molar refractivity (Wildman–Crippen MR) is 161 cm³/mol. The largest absolute Gasteiger partial charge is 0.478 e. The van der Waals surface area contributed by atoms with E-state index in [1.807, 2.05) is 32.9 Å². The lowest BCUT2D eigenvalue weighted by atomic mass is 9.97. The summed E-state index contributed by atoms with van der Waals surface area (Å²) in [6, 6.07) is 14.3. The van der Waals surface area contributed by atoms with E-state index in [1.165, 1.54) is 11.6 Å². The first-order valence-corrected chi connectivity index (χ1v) is 14.3. The second-order valence-corrected chi connectivity index (χ2v) is 12.0. The van der Waals surface area contributed by atoms with Gasteiger partial charge in [0.05, 0.1) is 12.2 Å². The molecule has 0 bridgehead atoms. The van der Waals surface area contributed by atoms with Gasteiger partial charge in [-0.2, -0.15) is 0 Å². The maximum Gasteiger partial charge on any atom is 0.332 e. The van der Waals surface area contributed by atoms with Crippen molar-refractivity contribution in [3.05, 3.63) is 92.4 Å². The van der Waals surface area contributed by atoms with Gasteiger partial charge >= 0.3 is 11.7 Å². The van der Waals surface area contributed by atoms with Gasteiger partial charge in [0.1, 0.15) is 18.1 Å². The number of carbonyl (C=O) groups excluding carboxylic acids is 2. The van der Waals surface area contributed by atoms with Gasteiger partial charge in [0.15, 0.2) is 16.9 Å². The van der Waals surface area contributed by atoms with E-state index in [0.29, 0.717) is 41.3 Å². The zero-order valence-electron chi connectivity index (χ0n) is 25.2. The van der Waals surface area contributed by atoms with Gasteiger partial charge in [-0.25, -0.2) is 9.78 Å². The van der Waals surface area contributed by atoms with E-state index in [1.54, 1.807) is 54.3 Å². The van der Waals surface area contributed by atoms with E-state index in [-0.39, 0.29) is 17.7 Å². The molecule has 2 aromatic carbocycles. The van der Waals surface area contributed by atoms with Crippen LogP contribution in [0, 0.1) is 5.92 Å². The topological polar surface area (TPSA) is 118 Å². The number of likely N-dealkylation sites (tertiary alicyclic amines) is 1. The molecule has 0 saturated carbocycles. The Labute approximate surface area is 249 Å². The zero-order valence-corrected chi connectivity index (χ0v) is 25.2. The van der Waals surface area contributed by atoms with Crippen molar-refractivity contribution >= 4 is 22.9 Å². The molecule has 0 radical (unpaired) electrons. The summed E-state index contributed by atoms with van der Waals surface area (Å²) in [6.45, 7) is 7.93. The minimum absolute atomic E-state index is 0.0776. The molecular weight excluding hydrogens is 550 g/mol. The number of carbonyl (C=O) groups is 2. The average Bonchev–Trinajstić information content (AvgIpc) is 3.41. The van der Waals surface area contributed by atoms with Gasteiger partial charge in [-0.1, -0.05) is 24.3 Å². The summed E-state index contributed by atoms with van der Waals surface area (Å²) in [5, 5.41) is 0. The van der Waals surface area contributed by atoms with E-state index in [0.717, 1.165) is 36.1 Å². The fraction of sp³-hybridized carbons (Fsp3) is 0.406. The summed E-state index contributed by atoms with van der Waals surface area (Å²) in [4.78, 5) is 56.8. The molecule has 0 spiro atoms. The van der Waals surface area contributed by atoms with Crippen molar-refractivity contribution in [3.8, 4) is 5.75 Å². The lowest BCUT2D eigenvalue weighted by Gasteiger charge is -2.32. The number of imidazole rings is 1. The van der Waals surface area contributed by atoms with E-state index in [9.17, 15) is 19.2 Å². The van der Waals surface area contributed by atoms with Crippen molar-refractivity contribution in [2.45, 2.75) is 45.8 Å². The second kappa shape index (κ2) is 12.0. The molecule has 226 valence electrons. The Bertz CT molecular complexity index is 1750. The molecule has 0 amide bonds. The third kappa shape index (κ3) is 6.61. The maximum atomic E-state index is 13.1. The predicted octanol–water partition coefficient (Wildman–Crippen LogP) is 3.10. The van der Waals surface area contributed by atoms with Crippen LogP contribution in [0.4, 0.5) is 0 Å². The Morgan fingerprint density at radius 3 is 2.12 bits per heavy atom. The lowest BCUT2D eigenvalue weighted by Crippen LogP contribution is -2.40. The molecule has 0 aliphatic carbocycles. The van der Waals surface area contributed by atoms with Crippen LogP contribution in [0.25, 0.3) is 11.2 Å². The molecule has 3 heterocycles.